The van der Waals surface area contributed by atoms with Crippen LogP contribution in [-0.4, -0.2) is 28.5 Å². The van der Waals surface area contributed by atoms with Gasteiger partial charge in [0.2, 0.25) is 0 Å². The van der Waals surface area contributed by atoms with Gasteiger partial charge in [-0.1, -0.05) is 13.3 Å². The quantitative estimate of drug-likeness (QED) is 0.742. The fourth-order valence-electron chi connectivity index (χ4n) is 1.68. The van der Waals surface area contributed by atoms with Crippen LogP contribution in [0.1, 0.15) is 31.9 Å². The SMILES string of the molecule is CCCC(CCO)CNc1ccc(C)nn1. The van der Waals surface area contributed by atoms with Crippen LogP contribution in [0.3, 0.4) is 0 Å². The summed E-state index contributed by atoms with van der Waals surface area (Å²) in [4.78, 5) is 0. The number of hydrogen-bond acceptors (Lipinski definition) is 4. The summed E-state index contributed by atoms with van der Waals surface area (Å²) in [5.41, 5.74) is 0.922. The Balaban J connectivity index is 2.38. The number of rotatable bonds is 7. The molecule has 1 atom stereocenters. The predicted molar refractivity (Wildman–Crippen MR) is 65.4 cm³/mol. The number of hydrogen-bond donors (Lipinski definition) is 2. The summed E-state index contributed by atoms with van der Waals surface area (Å²) in [6, 6.07) is 3.88. The molecule has 0 radical (unpaired) electrons. The van der Waals surface area contributed by atoms with E-state index in [2.05, 4.69) is 22.4 Å². The Morgan fingerprint density at radius 2 is 2.12 bits per heavy atom. The first-order chi connectivity index (χ1) is 7.76. The van der Waals surface area contributed by atoms with E-state index in [4.69, 9.17) is 5.11 Å². The van der Waals surface area contributed by atoms with E-state index >= 15 is 0 Å². The first kappa shape index (κ1) is 12.9. The molecule has 1 aromatic rings. The van der Waals surface area contributed by atoms with Crippen LogP contribution in [0.25, 0.3) is 0 Å². The highest BCUT2D eigenvalue weighted by molar-refractivity contribution is 5.32. The molecule has 0 saturated heterocycles. The molecule has 4 nitrogen and oxygen atoms in total. The highest BCUT2D eigenvalue weighted by Crippen LogP contribution is 2.12. The van der Waals surface area contributed by atoms with Gasteiger partial charge in [-0.05, 0) is 37.8 Å². The van der Waals surface area contributed by atoms with Crippen LogP contribution in [0, 0.1) is 12.8 Å². The summed E-state index contributed by atoms with van der Waals surface area (Å²) in [7, 11) is 0. The van der Waals surface area contributed by atoms with Crippen molar-refractivity contribution >= 4 is 5.82 Å². The van der Waals surface area contributed by atoms with E-state index in [1.165, 1.54) is 0 Å². The average Bonchev–Trinajstić information content (AvgIpc) is 2.29. The molecule has 0 aliphatic rings. The van der Waals surface area contributed by atoms with E-state index < -0.39 is 0 Å². The number of aliphatic hydroxyl groups is 1. The lowest BCUT2D eigenvalue weighted by Gasteiger charge is -2.15. The van der Waals surface area contributed by atoms with E-state index in [-0.39, 0.29) is 6.61 Å². The molecule has 1 rings (SSSR count). The first-order valence-corrected chi connectivity index (χ1v) is 5.91. The number of anilines is 1. The van der Waals surface area contributed by atoms with Gasteiger partial charge in [0, 0.05) is 13.2 Å². The maximum Gasteiger partial charge on any atom is 0.148 e. The second kappa shape index (κ2) is 7.17. The van der Waals surface area contributed by atoms with Gasteiger partial charge in [-0.3, -0.25) is 0 Å². The number of aliphatic hydroxyl groups excluding tert-OH is 1. The van der Waals surface area contributed by atoms with Gasteiger partial charge in [0.1, 0.15) is 5.82 Å². The van der Waals surface area contributed by atoms with E-state index in [1.807, 2.05) is 19.1 Å². The minimum Gasteiger partial charge on any atom is -0.396 e. The third-order valence-electron chi connectivity index (χ3n) is 2.60. The molecule has 1 unspecified atom stereocenters. The lowest BCUT2D eigenvalue weighted by molar-refractivity contribution is 0.255. The van der Waals surface area contributed by atoms with Gasteiger partial charge in [0.25, 0.3) is 0 Å². The molecule has 0 saturated carbocycles. The number of nitrogens with one attached hydrogen (secondary N) is 1. The highest BCUT2D eigenvalue weighted by Gasteiger charge is 2.07. The van der Waals surface area contributed by atoms with Crippen LogP contribution in [0.2, 0.25) is 0 Å². The molecule has 0 bridgehead atoms. The predicted octanol–water partition coefficient (Wildman–Crippen LogP) is 2.00. The Bertz CT molecular complexity index is 281. The molecule has 0 amide bonds. The lowest BCUT2D eigenvalue weighted by Crippen LogP contribution is -2.16. The second-order valence-corrected chi connectivity index (χ2v) is 4.11. The molecular formula is C12H21N3O. The molecule has 0 aromatic carbocycles. The molecule has 16 heavy (non-hydrogen) atoms. The highest BCUT2D eigenvalue weighted by atomic mass is 16.3. The Morgan fingerprint density at radius 3 is 2.69 bits per heavy atom. The number of nitrogens with zero attached hydrogens (tertiary/aromatic N) is 2. The summed E-state index contributed by atoms with van der Waals surface area (Å²) >= 11 is 0. The molecule has 90 valence electrons. The molecule has 1 heterocycles. The lowest BCUT2D eigenvalue weighted by atomic mass is 10.0. The normalized spacial score (nSPS) is 12.4. The largest absolute Gasteiger partial charge is 0.396 e. The molecule has 0 aliphatic carbocycles. The van der Waals surface area contributed by atoms with E-state index in [9.17, 15) is 0 Å². The summed E-state index contributed by atoms with van der Waals surface area (Å²) in [5, 5.41) is 20.2. The number of aryl methyl sites for hydroxylation is 1. The zero-order valence-corrected chi connectivity index (χ0v) is 10.1. The fourth-order valence-corrected chi connectivity index (χ4v) is 1.68. The zero-order valence-electron chi connectivity index (χ0n) is 10.1. The van der Waals surface area contributed by atoms with Crippen LogP contribution in [-0.2, 0) is 0 Å². The van der Waals surface area contributed by atoms with E-state index in [0.29, 0.717) is 5.92 Å². The van der Waals surface area contributed by atoms with Crippen molar-refractivity contribution in [3.63, 3.8) is 0 Å². The maximum atomic E-state index is 8.94. The van der Waals surface area contributed by atoms with Crippen molar-refractivity contribution in [2.24, 2.45) is 5.92 Å². The van der Waals surface area contributed by atoms with Crippen molar-refractivity contribution in [3.05, 3.63) is 17.8 Å². The molecule has 0 aliphatic heterocycles. The van der Waals surface area contributed by atoms with Gasteiger partial charge in [-0.15, -0.1) is 5.10 Å². The molecular weight excluding hydrogens is 202 g/mol. The minimum absolute atomic E-state index is 0.256. The van der Waals surface area contributed by atoms with Crippen LogP contribution in [0.4, 0.5) is 5.82 Å². The third kappa shape index (κ3) is 4.57. The van der Waals surface area contributed by atoms with Gasteiger partial charge in [-0.25, -0.2) is 0 Å². The monoisotopic (exact) mass is 223 g/mol. The summed E-state index contributed by atoms with van der Waals surface area (Å²) in [6.45, 7) is 5.19. The number of aromatic nitrogens is 2. The summed E-state index contributed by atoms with van der Waals surface area (Å²) < 4.78 is 0. The van der Waals surface area contributed by atoms with E-state index in [1.54, 1.807) is 0 Å². The third-order valence-corrected chi connectivity index (χ3v) is 2.60. The summed E-state index contributed by atoms with van der Waals surface area (Å²) in [5.74, 6) is 1.32. The van der Waals surface area contributed by atoms with Crippen LogP contribution >= 0.6 is 0 Å². The molecule has 4 heteroatoms. The average molecular weight is 223 g/mol. The topological polar surface area (TPSA) is 58.0 Å². The van der Waals surface area contributed by atoms with Crippen molar-refractivity contribution in [1.82, 2.24) is 10.2 Å². The van der Waals surface area contributed by atoms with Crippen LogP contribution < -0.4 is 5.32 Å². The van der Waals surface area contributed by atoms with Crippen LogP contribution in [0.5, 0.6) is 0 Å². The molecule has 0 fully saturated rings. The molecule has 1 aromatic heterocycles. The van der Waals surface area contributed by atoms with E-state index in [0.717, 1.165) is 37.3 Å². The standard InChI is InChI=1S/C12H21N3O/c1-3-4-11(7-8-16)9-13-12-6-5-10(2)14-15-12/h5-6,11,16H,3-4,7-9H2,1-2H3,(H,13,15). The Kier molecular flexibility index (Phi) is 5.78. The minimum atomic E-state index is 0.256. The summed E-state index contributed by atoms with van der Waals surface area (Å²) in [6.07, 6.45) is 3.12. The van der Waals surface area contributed by atoms with Crippen molar-refractivity contribution < 1.29 is 5.11 Å². The van der Waals surface area contributed by atoms with Gasteiger partial charge in [0.05, 0.1) is 5.69 Å². The van der Waals surface area contributed by atoms with Crippen molar-refractivity contribution in [2.45, 2.75) is 33.1 Å². The molecule has 0 spiro atoms. The second-order valence-electron chi connectivity index (χ2n) is 4.11. The Morgan fingerprint density at radius 1 is 1.31 bits per heavy atom. The van der Waals surface area contributed by atoms with Crippen molar-refractivity contribution in [3.8, 4) is 0 Å². The smallest absolute Gasteiger partial charge is 0.148 e. The van der Waals surface area contributed by atoms with Crippen LogP contribution in [0.15, 0.2) is 12.1 Å². The van der Waals surface area contributed by atoms with Gasteiger partial charge >= 0.3 is 0 Å². The first-order valence-electron chi connectivity index (χ1n) is 5.91. The maximum absolute atomic E-state index is 8.94. The fraction of sp³-hybridized carbons (Fsp3) is 0.667. The van der Waals surface area contributed by atoms with Gasteiger partial charge in [0.15, 0.2) is 0 Å². The van der Waals surface area contributed by atoms with Gasteiger partial charge < -0.3 is 10.4 Å². The zero-order chi connectivity index (χ0) is 11.8. The van der Waals surface area contributed by atoms with Gasteiger partial charge in [-0.2, -0.15) is 5.10 Å². The Labute approximate surface area is 97.1 Å². The molecule has 2 N–H and O–H groups in total. The van der Waals surface area contributed by atoms with Crippen molar-refractivity contribution in [2.75, 3.05) is 18.5 Å². The van der Waals surface area contributed by atoms with Crippen molar-refractivity contribution in [1.29, 1.82) is 0 Å². The Hall–Kier alpha value is -1.16.